The molecule has 0 radical (unpaired) electrons. The number of carbonyl (C=O) groups is 1. The summed E-state index contributed by atoms with van der Waals surface area (Å²) in [5.41, 5.74) is 1.55. The molecule has 1 saturated carbocycles. The van der Waals surface area contributed by atoms with Gasteiger partial charge in [0.25, 0.3) is 0 Å². The molecule has 1 aromatic rings. The van der Waals surface area contributed by atoms with Gasteiger partial charge in [0.1, 0.15) is 0 Å². The van der Waals surface area contributed by atoms with E-state index >= 15 is 0 Å². The highest BCUT2D eigenvalue weighted by molar-refractivity contribution is 5.89. The number of phenols is 1. The molecule has 2 heterocycles. The van der Waals surface area contributed by atoms with Crippen molar-refractivity contribution in [2.75, 3.05) is 13.5 Å². The fourth-order valence-corrected chi connectivity index (χ4v) is 5.33. The molecule has 4 nitrogen and oxygen atoms in total. The number of ether oxygens (including phenoxy) is 1. The van der Waals surface area contributed by atoms with Crippen LogP contribution in [0.15, 0.2) is 12.1 Å². The molecule has 2 fully saturated rings. The lowest BCUT2D eigenvalue weighted by Crippen LogP contribution is -2.65. The van der Waals surface area contributed by atoms with Gasteiger partial charge in [-0.1, -0.05) is 6.07 Å². The lowest BCUT2D eigenvalue weighted by molar-refractivity contribution is -0.138. The van der Waals surface area contributed by atoms with Gasteiger partial charge in [0.2, 0.25) is 0 Å². The van der Waals surface area contributed by atoms with Crippen LogP contribution in [0.5, 0.6) is 11.5 Å². The van der Waals surface area contributed by atoms with Crippen LogP contribution in [0.25, 0.3) is 0 Å². The number of benzene rings is 1. The predicted molar refractivity (Wildman–Crippen MR) is 76.7 cm³/mol. The van der Waals surface area contributed by atoms with Gasteiger partial charge in [0.15, 0.2) is 23.4 Å². The summed E-state index contributed by atoms with van der Waals surface area (Å²) >= 11 is 0. The first-order valence-corrected chi connectivity index (χ1v) is 7.65. The molecule has 2 aliphatic heterocycles. The smallest absolute Gasteiger partial charge is 0.174 e. The van der Waals surface area contributed by atoms with Crippen molar-refractivity contribution in [3.63, 3.8) is 0 Å². The fraction of sp³-hybridized carbons (Fsp3) is 0.588. The molecule has 1 spiro atoms. The van der Waals surface area contributed by atoms with Gasteiger partial charge < -0.3 is 14.7 Å². The quantitative estimate of drug-likeness (QED) is 0.738. The Morgan fingerprint density at radius 2 is 2.43 bits per heavy atom. The van der Waals surface area contributed by atoms with Crippen LogP contribution >= 0.6 is 0 Å². The minimum Gasteiger partial charge on any atom is -0.504 e. The summed E-state index contributed by atoms with van der Waals surface area (Å²) in [6.45, 7) is -1.70. The summed E-state index contributed by atoms with van der Waals surface area (Å²) in [6, 6.07) is 3.36. The average molecular weight is 289 g/mol. The minimum absolute atomic E-state index is 0.0794. The molecule has 0 unspecified atom stereocenters. The molecule has 4 aliphatic rings. The molecule has 1 N–H and O–H groups in total. The van der Waals surface area contributed by atoms with Gasteiger partial charge in [-0.2, -0.15) is 0 Å². The monoisotopic (exact) mass is 289 g/mol. The fourth-order valence-electron chi connectivity index (χ4n) is 5.33. The number of likely N-dealkylation sites (N-methyl/N-ethyl adjacent to an activating group) is 1. The number of hydrogen-bond donors (Lipinski definition) is 1. The Labute approximate surface area is 127 Å². The molecular weight excluding hydrogens is 267 g/mol. The Kier molecular flexibility index (Phi) is 1.63. The zero-order valence-corrected chi connectivity index (χ0v) is 11.6. The lowest BCUT2D eigenvalue weighted by atomic mass is 9.52. The van der Waals surface area contributed by atoms with Gasteiger partial charge in [-0.15, -0.1) is 0 Å². The maximum atomic E-state index is 12.6. The van der Waals surface area contributed by atoms with Crippen LogP contribution in [-0.2, 0) is 16.6 Å². The normalized spacial score (nSPS) is 42.6. The van der Waals surface area contributed by atoms with Crippen molar-refractivity contribution in [3.05, 3.63) is 23.3 Å². The van der Waals surface area contributed by atoms with Gasteiger partial charge >= 0.3 is 0 Å². The molecule has 0 amide bonds. The number of aromatic hydroxyl groups is 1. The van der Waals surface area contributed by atoms with Gasteiger partial charge in [0, 0.05) is 27.6 Å². The number of piperidine rings is 1. The highest BCUT2D eigenvalue weighted by Gasteiger charge is 2.65. The van der Waals surface area contributed by atoms with Crippen LogP contribution in [0.3, 0.4) is 0 Å². The average Bonchev–Trinajstić information content (AvgIpc) is 2.85. The van der Waals surface area contributed by atoms with Crippen molar-refractivity contribution in [1.82, 2.24) is 4.90 Å². The number of phenolic OH excluding ortho intramolecular Hbond substituents is 1. The Morgan fingerprint density at radius 1 is 1.52 bits per heavy atom. The SMILES string of the molecule is [2H][13C]([2H])([2H])N1CC[C@]23c4c5ccc(O)c4O[C@H]2C(=O)CC[C@H]3[C@H]1C5. The number of Topliss-reactive ketones (excluding diaryl/α,β-unsaturated/α-hetero) is 1. The third-order valence-electron chi connectivity index (χ3n) is 6.11. The molecule has 2 bridgehead atoms. The van der Waals surface area contributed by atoms with Crippen LogP contribution < -0.4 is 4.74 Å². The van der Waals surface area contributed by atoms with E-state index in [9.17, 15) is 9.90 Å². The largest absolute Gasteiger partial charge is 0.504 e. The van der Waals surface area contributed by atoms with Gasteiger partial charge in [-0.3, -0.25) is 4.79 Å². The second-order valence-electron chi connectivity index (χ2n) is 6.81. The van der Waals surface area contributed by atoms with Crippen molar-refractivity contribution >= 4 is 5.78 Å². The zero-order valence-electron chi connectivity index (χ0n) is 14.6. The van der Waals surface area contributed by atoms with Gasteiger partial charge in [-0.25, -0.2) is 0 Å². The number of rotatable bonds is 0. The van der Waals surface area contributed by atoms with E-state index in [2.05, 4.69) is 0 Å². The summed E-state index contributed by atoms with van der Waals surface area (Å²) in [5, 5.41) is 10.2. The standard InChI is InChI=1S/C17H19NO3/c1-18-7-6-17-10-3-5-13(20)16(17)21-15-12(19)4-2-9(14(15)17)8-11(10)18/h2,4,10-11,16,19H,3,5-8H2,1H3/t10-,11+,16-,17-/m0/s1/i1+1D3. The highest BCUT2D eigenvalue weighted by atomic mass is 16.5. The van der Waals surface area contributed by atoms with E-state index in [1.807, 2.05) is 6.07 Å². The molecule has 110 valence electrons. The molecule has 5 rings (SSSR count). The van der Waals surface area contributed by atoms with Crippen LogP contribution in [0.4, 0.5) is 0 Å². The Hall–Kier alpha value is -1.55. The van der Waals surface area contributed by atoms with Gasteiger partial charge in [-0.05, 0) is 50.3 Å². The molecule has 1 saturated heterocycles. The molecule has 2 aliphatic carbocycles. The molecule has 21 heavy (non-hydrogen) atoms. The summed E-state index contributed by atoms with van der Waals surface area (Å²) in [7, 11) is 0. The third kappa shape index (κ3) is 1.20. The first-order chi connectivity index (χ1) is 11.3. The molecule has 1 aromatic carbocycles. The second-order valence-corrected chi connectivity index (χ2v) is 6.81. The van der Waals surface area contributed by atoms with Crippen LogP contribution in [0, 0.1) is 5.92 Å². The number of likely N-dealkylation sites (tertiary alicyclic amines) is 1. The lowest BCUT2D eigenvalue weighted by Gasteiger charge is -2.57. The van der Waals surface area contributed by atoms with Crippen molar-refractivity contribution in [2.45, 2.75) is 43.2 Å². The Balaban J connectivity index is 1.75. The van der Waals surface area contributed by atoms with Crippen molar-refractivity contribution in [2.24, 2.45) is 5.92 Å². The Morgan fingerprint density at radius 3 is 3.29 bits per heavy atom. The van der Waals surface area contributed by atoms with E-state index in [4.69, 9.17) is 8.85 Å². The van der Waals surface area contributed by atoms with E-state index in [1.165, 1.54) is 0 Å². The predicted octanol–water partition coefficient (Wildman–Crippen LogP) is 1.63. The number of carbonyl (C=O) groups excluding carboxylic acids is 1. The first-order valence-electron chi connectivity index (χ1n) is 9.15. The Bertz CT molecular complexity index is 762. The summed E-state index contributed by atoms with van der Waals surface area (Å²) in [4.78, 5) is 14.2. The topological polar surface area (TPSA) is 49.8 Å². The van der Waals surface area contributed by atoms with Crippen LogP contribution in [0.1, 0.15) is 34.5 Å². The molecule has 4 atom stereocenters. The maximum absolute atomic E-state index is 12.6. The summed E-state index contributed by atoms with van der Waals surface area (Å²) in [6.07, 6.45) is 1.78. The molecule has 0 aromatic heterocycles. The minimum atomic E-state index is -2.13. The second kappa shape index (κ2) is 3.61. The van der Waals surface area contributed by atoms with E-state index in [0.29, 0.717) is 38.0 Å². The van der Waals surface area contributed by atoms with Crippen molar-refractivity contribution in [3.8, 4) is 11.5 Å². The first kappa shape index (κ1) is 9.46. The molecular formula is C17H19NO3. The summed E-state index contributed by atoms with van der Waals surface area (Å²) in [5.74, 6) is 0.708. The van der Waals surface area contributed by atoms with E-state index in [0.717, 1.165) is 11.1 Å². The number of hydrogen-bond acceptors (Lipinski definition) is 4. The van der Waals surface area contributed by atoms with Crippen molar-refractivity contribution < 1.29 is 18.8 Å². The van der Waals surface area contributed by atoms with E-state index < -0.39 is 18.5 Å². The summed E-state index contributed by atoms with van der Waals surface area (Å²) < 4.78 is 29.7. The molecule has 4 heteroatoms. The van der Waals surface area contributed by atoms with Crippen molar-refractivity contribution in [1.29, 1.82) is 0 Å². The van der Waals surface area contributed by atoms with Crippen LogP contribution in [-0.4, -0.2) is 41.5 Å². The maximum Gasteiger partial charge on any atom is 0.174 e. The highest BCUT2D eigenvalue weighted by Crippen LogP contribution is 2.62. The van der Waals surface area contributed by atoms with E-state index in [1.54, 1.807) is 11.0 Å². The van der Waals surface area contributed by atoms with Gasteiger partial charge in [0.05, 0.1) is 0 Å². The number of nitrogens with zero attached hydrogens (tertiary/aromatic N) is 1. The van der Waals surface area contributed by atoms with E-state index in [-0.39, 0.29) is 23.5 Å². The number of ketones is 1. The third-order valence-corrected chi connectivity index (χ3v) is 6.11. The van der Waals surface area contributed by atoms with Crippen LogP contribution in [0.2, 0.25) is 0 Å². The zero-order chi connectivity index (χ0) is 16.9.